The van der Waals surface area contributed by atoms with Crippen molar-refractivity contribution in [2.24, 2.45) is 0 Å². The van der Waals surface area contributed by atoms with Gasteiger partial charge in [0.2, 0.25) is 0 Å². The van der Waals surface area contributed by atoms with Crippen LogP contribution >= 0.6 is 0 Å². The van der Waals surface area contributed by atoms with Crippen molar-refractivity contribution in [2.45, 2.75) is 27.3 Å². The van der Waals surface area contributed by atoms with Crippen LogP contribution < -0.4 is 11.1 Å². The molecule has 0 radical (unpaired) electrons. The Morgan fingerprint density at radius 3 is 2.47 bits per heavy atom. The number of nitrogens with one attached hydrogen (secondary N) is 1. The van der Waals surface area contributed by atoms with Crippen molar-refractivity contribution in [1.29, 1.82) is 0 Å². The SMILES string of the molecule is Cc1ccc(CNc2ccc(N)c(F)c2)c(C)c1C. The highest BCUT2D eigenvalue weighted by atomic mass is 19.1. The van der Waals surface area contributed by atoms with E-state index in [2.05, 4.69) is 38.2 Å². The second kappa shape index (κ2) is 5.31. The second-order valence-electron chi connectivity index (χ2n) is 4.88. The molecule has 0 atom stereocenters. The maximum atomic E-state index is 13.3. The summed E-state index contributed by atoms with van der Waals surface area (Å²) in [5.74, 6) is -0.387. The average Bonchev–Trinajstić information content (AvgIpc) is 2.39. The van der Waals surface area contributed by atoms with Gasteiger partial charge in [-0.15, -0.1) is 0 Å². The molecule has 100 valence electrons. The first kappa shape index (κ1) is 13.4. The number of hydrogen-bond donors (Lipinski definition) is 2. The maximum Gasteiger partial charge on any atom is 0.148 e. The Balaban J connectivity index is 2.14. The minimum absolute atomic E-state index is 0.174. The largest absolute Gasteiger partial charge is 0.396 e. The lowest BCUT2D eigenvalue weighted by molar-refractivity contribution is 0.633. The Hall–Kier alpha value is -2.03. The molecule has 0 unspecified atom stereocenters. The minimum Gasteiger partial charge on any atom is -0.396 e. The Bertz CT molecular complexity index is 606. The summed E-state index contributed by atoms with van der Waals surface area (Å²) in [6, 6.07) is 9.01. The van der Waals surface area contributed by atoms with Crippen LogP contribution in [0.25, 0.3) is 0 Å². The lowest BCUT2D eigenvalue weighted by Gasteiger charge is -2.13. The average molecular weight is 258 g/mol. The molecule has 2 rings (SSSR count). The van der Waals surface area contributed by atoms with Gasteiger partial charge in [-0.05, 0) is 61.2 Å². The van der Waals surface area contributed by atoms with Crippen LogP contribution in [0.5, 0.6) is 0 Å². The molecule has 0 saturated heterocycles. The zero-order valence-electron chi connectivity index (χ0n) is 11.5. The molecule has 3 heteroatoms. The molecule has 0 spiro atoms. The first-order chi connectivity index (χ1) is 8.99. The monoisotopic (exact) mass is 258 g/mol. The van der Waals surface area contributed by atoms with E-state index in [-0.39, 0.29) is 11.5 Å². The Labute approximate surface area is 113 Å². The fourth-order valence-corrected chi connectivity index (χ4v) is 2.04. The van der Waals surface area contributed by atoms with Crippen molar-refractivity contribution in [2.75, 3.05) is 11.1 Å². The molecule has 2 nitrogen and oxygen atoms in total. The summed E-state index contributed by atoms with van der Waals surface area (Å²) in [5, 5.41) is 3.22. The molecule has 0 heterocycles. The van der Waals surface area contributed by atoms with Gasteiger partial charge in [0.1, 0.15) is 5.82 Å². The van der Waals surface area contributed by atoms with Crippen LogP contribution in [0, 0.1) is 26.6 Å². The number of benzene rings is 2. The highest BCUT2D eigenvalue weighted by molar-refractivity contribution is 5.53. The van der Waals surface area contributed by atoms with E-state index < -0.39 is 0 Å². The Kier molecular flexibility index (Phi) is 3.74. The van der Waals surface area contributed by atoms with Gasteiger partial charge in [0, 0.05) is 12.2 Å². The smallest absolute Gasteiger partial charge is 0.148 e. The van der Waals surface area contributed by atoms with Crippen LogP contribution in [0.4, 0.5) is 15.8 Å². The fourth-order valence-electron chi connectivity index (χ4n) is 2.04. The topological polar surface area (TPSA) is 38.0 Å². The molecule has 3 N–H and O–H groups in total. The predicted molar refractivity (Wildman–Crippen MR) is 78.8 cm³/mol. The van der Waals surface area contributed by atoms with Gasteiger partial charge in [0.15, 0.2) is 0 Å². The predicted octanol–water partition coefficient (Wildman–Crippen LogP) is 3.95. The van der Waals surface area contributed by atoms with Gasteiger partial charge in [0.05, 0.1) is 5.69 Å². The van der Waals surface area contributed by atoms with Crippen molar-refractivity contribution in [3.05, 3.63) is 58.4 Å². The van der Waals surface area contributed by atoms with Gasteiger partial charge in [-0.1, -0.05) is 12.1 Å². The van der Waals surface area contributed by atoms with E-state index in [1.54, 1.807) is 12.1 Å². The zero-order valence-corrected chi connectivity index (χ0v) is 11.5. The minimum atomic E-state index is -0.387. The molecular formula is C16H19FN2. The van der Waals surface area contributed by atoms with E-state index in [9.17, 15) is 4.39 Å². The van der Waals surface area contributed by atoms with E-state index >= 15 is 0 Å². The summed E-state index contributed by atoms with van der Waals surface area (Å²) in [5.41, 5.74) is 11.5. The number of nitrogens with two attached hydrogens (primary N) is 1. The summed E-state index contributed by atoms with van der Waals surface area (Å²) in [4.78, 5) is 0. The molecular weight excluding hydrogens is 239 g/mol. The van der Waals surface area contributed by atoms with Crippen molar-refractivity contribution >= 4 is 11.4 Å². The van der Waals surface area contributed by atoms with Gasteiger partial charge >= 0.3 is 0 Å². The van der Waals surface area contributed by atoms with Gasteiger partial charge < -0.3 is 11.1 Å². The number of aryl methyl sites for hydroxylation is 1. The third-order valence-electron chi connectivity index (χ3n) is 3.65. The van der Waals surface area contributed by atoms with E-state index in [4.69, 9.17) is 5.73 Å². The number of anilines is 2. The molecule has 2 aromatic rings. The van der Waals surface area contributed by atoms with Crippen LogP contribution in [0.3, 0.4) is 0 Å². The standard InChI is InChI=1S/C16H19FN2/c1-10-4-5-13(12(3)11(10)2)9-19-14-6-7-16(18)15(17)8-14/h4-8,19H,9,18H2,1-3H3. The molecule has 19 heavy (non-hydrogen) atoms. The van der Waals surface area contributed by atoms with E-state index in [1.165, 1.54) is 28.3 Å². The summed E-state index contributed by atoms with van der Waals surface area (Å²) < 4.78 is 13.3. The highest BCUT2D eigenvalue weighted by Gasteiger charge is 2.04. The van der Waals surface area contributed by atoms with Crippen molar-refractivity contribution in [3.8, 4) is 0 Å². The summed E-state index contributed by atoms with van der Waals surface area (Å²) in [7, 11) is 0. The van der Waals surface area contributed by atoms with Gasteiger partial charge in [-0.3, -0.25) is 0 Å². The third kappa shape index (κ3) is 2.87. The fraction of sp³-hybridized carbons (Fsp3) is 0.250. The molecule has 0 aromatic heterocycles. The quantitative estimate of drug-likeness (QED) is 0.818. The van der Waals surface area contributed by atoms with E-state index in [0.29, 0.717) is 6.54 Å². The van der Waals surface area contributed by atoms with Crippen molar-refractivity contribution < 1.29 is 4.39 Å². The Morgan fingerprint density at radius 2 is 1.79 bits per heavy atom. The van der Waals surface area contributed by atoms with Crippen LogP contribution in [-0.4, -0.2) is 0 Å². The number of hydrogen-bond acceptors (Lipinski definition) is 2. The van der Waals surface area contributed by atoms with Crippen LogP contribution in [0.1, 0.15) is 22.3 Å². The second-order valence-corrected chi connectivity index (χ2v) is 4.88. The number of rotatable bonds is 3. The van der Waals surface area contributed by atoms with E-state index in [0.717, 1.165) is 5.69 Å². The maximum absolute atomic E-state index is 13.3. The highest BCUT2D eigenvalue weighted by Crippen LogP contribution is 2.20. The molecule has 0 fully saturated rings. The molecule has 0 aliphatic carbocycles. The van der Waals surface area contributed by atoms with Crippen molar-refractivity contribution in [1.82, 2.24) is 0 Å². The molecule has 0 aliphatic heterocycles. The van der Waals surface area contributed by atoms with Crippen LogP contribution in [0.2, 0.25) is 0 Å². The molecule has 0 saturated carbocycles. The van der Waals surface area contributed by atoms with Gasteiger partial charge in [-0.2, -0.15) is 0 Å². The number of halogens is 1. The third-order valence-corrected chi connectivity index (χ3v) is 3.65. The lowest BCUT2D eigenvalue weighted by Crippen LogP contribution is -2.04. The van der Waals surface area contributed by atoms with Gasteiger partial charge in [-0.25, -0.2) is 4.39 Å². The number of nitrogen functional groups attached to an aromatic ring is 1. The van der Waals surface area contributed by atoms with Crippen molar-refractivity contribution in [3.63, 3.8) is 0 Å². The lowest BCUT2D eigenvalue weighted by atomic mass is 9.99. The normalized spacial score (nSPS) is 10.5. The van der Waals surface area contributed by atoms with Gasteiger partial charge in [0.25, 0.3) is 0 Å². The molecule has 0 aliphatic rings. The zero-order chi connectivity index (χ0) is 14.0. The van der Waals surface area contributed by atoms with Crippen LogP contribution in [0.15, 0.2) is 30.3 Å². The summed E-state index contributed by atoms with van der Waals surface area (Å²) in [6.07, 6.45) is 0. The molecule has 2 aromatic carbocycles. The summed E-state index contributed by atoms with van der Waals surface area (Å²) >= 11 is 0. The van der Waals surface area contributed by atoms with E-state index in [1.807, 2.05) is 0 Å². The molecule has 0 bridgehead atoms. The van der Waals surface area contributed by atoms with Crippen LogP contribution in [-0.2, 0) is 6.54 Å². The Morgan fingerprint density at radius 1 is 1.05 bits per heavy atom. The summed E-state index contributed by atoms with van der Waals surface area (Å²) in [6.45, 7) is 7.02. The first-order valence-electron chi connectivity index (χ1n) is 6.33. The molecule has 0 amide bonds. The first-order valence-corrected chi connectivity index (χ1v) is 6.33.